The van der Waals surface area contributed by atoms with Gasteiger partial charge < -0.3 is 56.6 Å². The summed E-state index contributed by atoms with van der Waals surface area (Å²) in [4.78, 5) is 0. The first kappa shape index (κ1) is 39.9. The van der Waals surface area contributed by atoms with Crippen LogP contribution >= 0.6 is 0 Å². The van der Waals surface area contributed by atoms with E-state index < -0.39 is 0 Å². The van der Waals surface area contributed by atoms with Gasteiger partial charge in [-0.25, -0.2) is 0 Å². The molecular weight excluding hydrogens is 720 g/mol. The standard InChI is InChI=1S/C44H50O12/c1-46-8-9-48-12-13-50-16-17-52-20-21-54-36-5-4-33-25-38-40-29-43-39(28-44(40)56-42(38)27-35(33)23-36)37-24-32-3-2-31(22-34(32)26-41(37)55-43)30-53-19-18-51-15-14-49-11-10-47-7-6-45/h2-5,22-29,45H,6-21,30H2,1H3. The highest BCUT2D eigenvalue weighted by molar-refractivity contribution is 6.18. The van der Waals surface area contributed by atoms with E-state index in [4.69, 9.17) is 56.6 Å². The lowest BCUT2D eigenvalue weighted by molar-refractivity contribution is -0.00742. The third-order valence-corrected chi connectivity index (χ3v) is 9.31. The summed E-state index contributed by atoms with van der Waals surface area (Å²) in [6.45, 7) is 7.88. The smallest absolute Gasteiger partial charge is 0.136 e. The number of rotatable bonds is 26. The van der Waals surface area contributed by atoms with Gasteiger partial charge >= 0.3 is 0 Å². The van der Waals surface area contributed by atoms with Crippen molar-refractivity contribution in [2.24, 2.45) is 0 Å². The first-order valence-electron chi connectivity index (χ1n) is 19.2. The van der Waals surface area contributed by atoms with Crippen molar-refractivity contribution >= 4 is 65.4 Å². The average Bonchev–Trinajstić information content (AvgIpc) is 3.74. The van der Waals surface area contributed by atoms with Crippen LogP contribution in [0.2, 0.25) is 0 Å². The zero-order valence-electron chi connectivity index (χ0n) is 31.9. The van der Waals surface area contributed by atoms with Gasteiger partial charge in [0.15, 0.2) is 0 Å². The normalized spacial score (nSPS) is 12.1. The summed E-state index contributed by atoms with van der Waals surface area (Å²) in [6.07, 6.45) is 0. The van der Waals surface area contributed by atoms with Crippen LogP contribution in [0.5, 0.6) is 5.75 Å². The van der Waals surface area contributed by atoms with Crippen LogP contribution in [0, 0.1) is 0 Å². The first-order valence-corrected chi connectivity index (χ1v) is 19.2. The largest absolute Gasteiger partial charge is 0.491 e. The Labute approximate surface area is 324 Å². The average molecular weight is 771 g/mol. The molecule has 0 spiro atoms. The molecule has 298 valence electrons. The highest BCUT2D eigenvalue weighted by atomic mass is 16.6. The maximum absolute atomic E-state index is 8.70. The van der Waals surface area contributed by atoms with E-state index in [-0.39, 0.29) is 6.61 Å². The number of hydrogen-bond acceptors (Lipinski definition) is 12. The van der Waals surface area contributed by atoms with E-state index in [1.165, 1.54) is 0 Å². The molecule has 1 N–H and O–H groups in total. The Morgan fingerprint density at radius 3 is 1.41 bits per heavy atom. The SMILES string of the molecule is COCCOCCOCCOCCOc1ccc2cc3c(cc2c1)oc1cc2c(cc13)oc1cc3cc(COCCOCCOCCOCCO)ccc3cc12. The third-order valence-electron chi connectivity index (χ3n) is 9.31. The number of hydrogen-bond donors (Lipinski definition) is 1. The molecule has 0 aliphatic carbocycles. The summed E-state index contributed by atoms with van der Waals surface area (Å²) in [5.41, 5.74) is 4.35. The first-order chi connectivity index (χ1) is 27.7. The van der Waals surface area contributed by atoms with Crippen LogP contribution in [0.1, 0.15) is 5.56 Å². The van der Waals surface area contributed by atoms with Crippen LogP contribution in [0.15, 0.2) is 81.6 Å². The Morgan fingerprint density at radius 2 is 0.857 bits per heavy atom. The highest BCUT2D eigenvalue weighted by Crippen LogP contribution is 2.39. The van der Waals surface area contributed by atoms with Gasteiger partial charge in [-0.3, -0.25) is 0 Å². The zero-order chi connectivity index (χ0) is 38.4. The summed E-state index contributed by atoms with van der Waals surface area (Å²) in [5.74, 6) is 0.776. The van der Waals surface area contributed by atoms with Gasteiger partial charge in [-0.1, -0.05) is 18.2 Å². The quantitative estimate of drug-likeness (QED) is 0.0550. The van der Waals surface area contributed by atoms with Crippen molar-refractivity contribution in [3.63, 3.8) is 0 Å². The van der Waals surface area contributed by atoms with Crippen molar-refractivity contribution in [2.75, 3.05) is 113 Å². The minimum absolute atomic E-state index is 0.0189. The van der Waals surface area contributed by atoms with E-state index in [1.54, 1.807) is 7.11 Å². The monoisotopic (exact) mass is 770 g/mol. The fraction of sp³-hybridized carbons (Fsp3) is 0.409. The Bertz CT molecular complexity index is 2130. The highest BCUT2D eigenvalue weighted by Gasteiger charge is 2.15. The molecule has 0 aliphatic heterocycles. The summed E-state index contributed by atoms with van der Waals surface area (Å²) in [5, 5.41) is 17.2. The number of benzene rings is 5. The molecule has 0 radical (unpaired) electrons. The van der Waals surface area contributed by atoms with E-state index in [0.29, 0.717) is 106 Å². The number of fused-ring (bicyclic) bond motifs is 8. The second-order valence-corrected chi connectivity index (χ2v) is 13.2. The van der Waals surface area contributed by atoms with Gasteiger partial charge in [0.1, 0.15) is 34.7 Å². The predicted octanol–water partition coefficient (Wildman–Crippen LogP) is 7.43. The molecule has 2 aromatic heterocycles. The molecule has 7 aromatic rings. The number of aliphatic hydroxyl groups is 1. The molecule has 0 unspecified atom stereocenters. The lowest BCUT2D eigenvalue weighted by Crippen LogP contribution is -2.13. The second-order valence-electron chi connectivity index (χ2n) is 13.2. The van der Waals surface area contributed by atoms with Gasteiger partial charge in [0.25, 0.3) is 0 Å². The summed E-state index contributed by atoms with van der Waals surface area (Å²) < 4.78 is 62.4. The van der Waals surface area contributed by atoms with Crippen molar-refractivity contribution < 1.29 is 56.6 Å². The minimum atomic E-state index is 0.0189. The molecule has 5 aromatic carbocycles. The molecular formula is C44H50O12. The zero-order valence-corrected chi connectivity index (χ0v) is 31.9. The molecule has 0 aliphatic rings. The molecule has 12 heteroatoms. The maximum atomic E-state index is 8.70. The van der Waals surface area contributed by atoms with Crippen LogP contribution in [0.4, 0.5) is 0 Å². The molecule has 7 rings (SSSR count). The number of aliphatic hydroxyl groups excluding tert-OH is 1. The van der Waals surface area contributed by atoms with Crippen LogP contribution in [0.25, 0.3) is 65.4 Å². The van der Waals surface area contributed by atoms with Crippen LogP contribution in [-0.4, -0.2) is 118 Å². The third kappa shape index (κ3) is 10.5. The van der Waals surface area contributed by atoms with Crippen LogP contribution in [0.3, 0.4) is 0 Å². The van der Waals surface area contributed by atoms with E-state index >= 15 is 0 Å². The van der Waals surface area contributed by atoms with Crippen LogP contribution < -0.4 is 4.74 Å². The van der Waals surface area contributed by atoms with Gasteiger partial charge in [-0.05, 0) is 81.7 Å². The summed E-state index contributed by atoms with van der Waals surface area (Å²) >= 11 is 0. The number of ether oxygens (including phenoxy) is 9. The van der Waals surface area contributed by atoms with Gasteiger partial charge in [-0.2, -0.15) is 0 Å². The lowest BCUT2D eigenvalue weighted by atomic mass is 10.0. The molecule has 0 atom stereocenters. The van der Waals surface area contributed by atoms with Crippen molar-refractivity contribution in [3.8, 4) is 5.75 Å². The number of methoxy groups -OCH3 is 1. The van der Waals surface area contributed by atoms with Gasteiger partial charge in [0.05, 0.1) is 106 Å². The van der Waals surface area contributed by atoms with Crippen molar-refractivity contribution in [3.05, 3.63) is 78.4 Å². The van der Waals surface area contributed by atoms with E-state index in [9.17, 15) is 0 Å². The fourth-order valence-corrected chi connectivity index (χ4v) is 6.55. The maximum Gasteiger partial charge on any atom is 0.136 e. The summed E-state index contributed by atoms with van der Waals surface area (Å²) in [7, 11) is 1.65. The molecule has 0 bridgehead atoms. The van der Waals surface area contributed by atoms with Gasteiger partial charge in [0.2, 0.25) is 0 Å². The molecule has 0 saturated carbocycles. The molecule has 12 nitrogen and oxygen atoms in total. The molecule has 56 heavy (non-hydrogen) atoms. The van der Waals surface area contributed by atoms with E-state index in [1.807, 2.05) is 12.1 Å². The van der Waals surface area contributed by atoms with Crippen molar-refractivity contribution in [2.45, 2.75) is 6.61 Å². The molecule has 2 heterocycles. The van der Waals surface area contributed by atoms with Crippen molar-refractivity contribution in [1.82, 2.24) is 0 Å². The molecule has 0 amide bonds. The topological polar surface area (TPSA) is 130 Å². The molecule has 0 saturated heterocycles. The van der Waals surface area contributed by atoms with E-state index in [0.717, 1.165) is 76.7 Å². The van der Waals surface area contributed by atoms with Gasteiger partial charge in [0, 0.05) is 28.7 Å². The molecule has 0 fully saturated rings. The Morgan fingerprint density at radius 1 is 0.411 bits per heavy atom. The lowest BCUT2D eigenvalue weighted by Gasteiger charge is -2.09. The van der Waals surface area contributed by atoms with E-state index in [2.05, 4.69) is 60.7 Å². The Balaban J connectivity index is 0.925. The predicted molar refractivity (Wildman–Crippen MR) is 215 cm³/mol. The number of furan rings is 2. The minimum Gasteiger partial charge on any atom is -0.491 e. The Hall–Kier alpha value is -4.34. The van der Waals surface area contributed by atoms with Crippen LogP contribution in [-0.2, 0) is 44.5 Å². The summed E-state index contributed by atoms with van der Waals surface area (Å²) in [6, 6.07) is 25.2. The Kier molecular flexibility index (Phi) is 14.8. The second kappa shape index (κ2) is 20.7. The van der Waals surface area contributed by atoms with Gasteiger partial charge in [-0.15, -0.1) is 0 Å². The fourth-order valence-electron chi connectivity index (χ4n) is 6.55. The van der Waals surface area contributed by atoms with Crippen molar-refractivity contribution in [1.29, 1.82) is 0 Å².